The number of hydrogen-bond acceptors (Lipinski definition) is 0. The number of hydrogen-bond donors (Lipinski definition) is 0. The molecule has 94 valence electrons. The van der Waals surface area contributed by atoms with E-state index in [2.05, 4.69) is 20.8 Å². The van der Waals surface area contributed by atoms with Crippen molar-refractivity contribution in [3.63, 3.8) is 0 Å². The Labute approximate surface area is 127 Å². The van der Waals surface area contributed by atoms with Crippen molar-refractivity contribution in [2.24, 2.45) is 0 Å². The Bertz CT molecular complexity index is 104. The van der Waals surface area contributed by atoms with Gasteiger partial charge in [0.05, 0.1) is 0 Å². The Morgan fingerprint density at radius 1 is 0.733 bits per heavy atom. The fourth-order valence-corrected chi connectivity index (χ4v) is 5.21. The molecule has 0 saturated heterocycles. The largest absolute Gasteiger partial charge is 0.107 e. The summed E-state index contributed by atoms with van der Waals surface area (Å²) in [6.45, 7) is 6.99. The van der Waals surface area contributed by atoms with E-state index in [9.17, 15) is 0 Å². The van der Waals surface area contributed by atoms with E-state index in [1.165, 1.54) is 38.5 Å². The second-order valence-electron chi connectivity index (χ2n) is 5.12. The van der Waals surface area contributed by atoms with Gasteiger partial charge in [-0.25, -0.2) is 0 Å². The molecule has 0 bridgehead atoms. The minimum atomic E-state index is 0. The molecule has 0 spiro atoms. The Kier molecular flexibility index (Phi) is 15.1. The van der Waals surface area contributed by atoms with E-state index in [4.69, 9.17) is 0 Å². The third kappa shape index (κ3) is 10.4. The molecule has 0 N–H and O–H groups in total. The van der Waals surface area contributed by atoms with Crippen LogP contribution in [0.1, 0.15) is 78.6 Å². The Morgan fingerprint density at radius 3 is 1.20 bits per heavy atom. The van der Waals surface area contributed by atoms with Crippen LogP contribution in [0, 0.1) is 0 Å². The molecule has 0 aromatic heterocycles. The monoisotopic (exact) mass is 434 g/mol. The first-order chi connectivity index (χ1) is 6.68. The minimum Gasteiger partial charge on any atom is -0.107 e. The van der Waals surface area contributed by atoms with Crippen molar-refractivity contribution in [1.82, 2.24) is 0 Å². The van der Waals surface area contributed by atoms with Gasteiger partial charge in [0.25, 0.3) is 0 Å². The first-order valence-corrected chi connectivity index (χ1v) is 9.54. The van der Waals surface area contributed by atoms with Crippen LogP contribution in [0.2, 0.25) is 3.43 Å². The molecule has 0 aliphatic carbocycles. The summed E-state index contributed by atoms with van der Waals surface area (Å²) < 4.78 is 0.865. The quantitative estimate of drug-likeness (QED) is 0.366. The van der Waals surface area contributed by atoms with Crippen molar-refractivity contribution < 1.29 is 0 Å². The number of halogens is 1. The zero-order valence-electron chi connectivity index (χ0n) is 11.3. The average molecular weight is 433 g/mol. The predicted octanol–water partition coefficient (Wildman–Crippen LogP) is 4.70. The maximum atomic E-state index is 2.33. The van der Waals surface area contributed by atoms with E-state index in [0.717, 1.165) is 26.0 Å². The van der Waals surface area contributed by atoms with E-state index in [1.807, 2.05) is 0 Å². The molecule has 0 nitrogen and oxygen atoms in total. The van der Waals surface area contributed by atoms with Gasteiger partial charge in [0.1, 0.15) is 0 Å². The van der Waals surface area contributed by atoms with Gasteiger partial charge in [-0.15, -0.1) is 24.0 Å². The third-order valence-electron chi connectivity index (χ3n) is 3.40. The van der Waals surface area contributed by atoms with Gasteiger partial charge in [0.15, 0.2) is 0 Å². The van der Waals surface area contributed by atoms with E-state index in [0.29, 0.717) is 0 Å². The van der Waals surface area contributed by atoms with Crippen LogP contribution in [0.25, 0.3) is 0 Å². The molecular weight excluding hydrogens is 402 g/mol. The Morgan fingerprint density at radius 2 is 1.00 bits per heavy atom. The molecule has 0 fully saturated rings. The maximum absolute atomic E-state index is 2.33. The second kappa shape index (κ2) is 12.0. The molecule has 0 aliphatic heterocycles. The standard InChI is InChI=1S/C13H27.HI.Sn.3H/c1-4-7-10-13(11-8-5-2)12-9-6-3;;;;;/h4-12H2,1-3H3;1H;;;;. The smallest absolute Gasteiger partial charge is 0.107 e. The van der Waals surface area contributed by atoms with E-state index in [-0.39, 0.29) is 24.0 Å². The predicted molar refractivity (Wildman–Crippen MR) is 86.6 cm³/mol. The zero-order chi connectivity index (χ0) is 10.9. The van der Waals surface area contributed by atoms with Crippen molar-refractivity contribution in [2.45, 2.75) is 82.0 Å². The summed E-state index contributed by atoms with van der Waals surface area (Å²) in [5.74, 6) is 0. The van der Waals surface area contributed by atoms with E-state index < -0.39 is 0 Å². The summed E-state index contributed by atoms with van der Waals surface area (Å²) in [4.78, 5) is 0. The molecule has 0 rings (SSSR count). The van der Waals surface area contributed by atoms with Crippen molar-refractivity contribution in [2.75, 3.05) is 0 Å². The summed E-state index contributed by atoms with van der Waals surface area (Å²) in [6.07, 6.45) is 13.2. The zero-order valence-corrected chi connectivity index (χ0v) is 19.3. The normalized spacial score (nSPS) is 11.4. The summed E-state index contributed by atoms with van der Waals surface area (Å²) in [5, 5.41) is 0. The van der Waals surface area contributed by atoms with Crippen LogP contribution in [0.3, 0.4) is 0 Å². The Hall–Kier alpha value is 1.53. The maximum Gasteiger partial charge on any atom is -0.107 e. The van der Waals surface area contributed by atoms with Crippen LogP contribution in [0.15, 0.2) is 0 Å². The molecule has 0 saturated carbocycles. The van der Waals surface area contributed by atoms with Gasteiger partial charge in [-0.3, -0.25) is 0 Å². The molecule has 0 radical (unpaired) electrons. The van der Waals surface area contributed by atoms with Crippen LogP contribution in [-0.4, -0.2) is 22.5 Å². The average Bonchev–Trinajstić information content (AvgIpc) is 2.21. The number of unbranched alkanes of at least 4 members (excludes halogenated alkanes) is 3. The van der Waals surface area contributed by atoms with Gasteiger partial charge in [-0.1, -0.05) is 0 Å². The molecule has 0 unspecified atom stereocenters. The Balaban J connectivity index is 0. The SMILES string of the molecule is CCCC[C]([SnH3])(CCCC)CCCC.I. The second-order valence-corrected chi connectivity index (χ2v) is 11.2. The number of rotatable bonds is 9. The van der Waals surface area contributed by atoms with Crippen LogP contribution < -0.4 is 0 Å². The van der Waals surface area contributed by atoms with Gasteiger partial charge in [0.2, 0.25) is 0 Å². The van der Waals surface area contributed by atoms with Gasteiger partial charge in [-0.05, 0) is 0 Å². The van der Waals surface area contributed by atoms with Gasteiger partial charge < -0.3 is 0 Å². The molecule has 0 amide bonds. The molecule has 15 heavy (non-hydrogen) atoms. The molecule has 0 heterocycles. The summed E-state index contributed by atoms with van der Waals surface area (Å²) in [6, 6.07) is 0. The van der Waals surface area contributed by atoms with Gasteiger partial charge in [-0.2, -0.15) is 0 Å². The molecule has 0 aromatic rings. The van der Waals surface area contributed by atoms with E-state index in [1.54, 1.807) is 19.3 Å². The first-order valence-electron chi connectivity index (χ1n) is 6.68. The molecular formula is C13H31ISn. The summed E-state index contributed by atoms with van der Waals surface area (Å²) >= 11 is 0.850. The topological polar surface area (TPSA) is 0 Å². The van der Waals surface area contributed by atoms with Gasteiger partial charge in [0, 0.05) is 0 Å². The van der Waals surface area contributed by atoms with Crippen LogP contribution in [-0.2, 0) is 0 Å². The van der Waals surface area contributed by atoms with Crippen LogP contribution >= 0.6 is 24.0 Å². The fourth-order valence-electron chi connectivity index (χ4n) is 2.19. The fraction of sp³-hybridized carbons (Fsp3) is 1.00. The molecule has 0 aliphatic rings. The molecule has 0 atom stereocenters. The van der Waals surface area contributed by atoms with Crippen molar-refractivity contribution in [3.05, 3.63) is 0 Å². The minimum absolute atomic E-state index is 0. The van der Waals surface area contributed by atoms with Crippen molar-refractivity contribution in [3.8, 4) is 0 Å². The van der Waals surface area contributed by atoms with Crippen molar-refractivity contribution in [1.29, 1.82) is 0 Å². The molecule has 0 aromatic carbocycles. The van der Waals surface area contributed by atoms with Crippen molar-refractivity contribution >= 4 is 46.5 Å². The molecule has 2 heteroatoms. The first kappa shape index (κ1) is 18.9. The summed E-state index contributed by atoms with van der Waals surface area (Å²) in [5.41, 5.74) is 0. The van der Waals surface area contributed by atoms with Gasteiger partial charge >= 0.3 is 105 Å². The van der Waals surface area contributed by atoms with E-state index >= 15 is 0 Å². The van der Waals surface area contributed by atoms with Crippen LogP contribution in [0.5, 0.6) is 0 Å². The van der Waals surface area contributed by atoms with Crippen LogP contribution in [0.4, 0.5) is 0 Å². The summed E-state index contributed by atoms with van der Waals surface area (Å²) in [7, 11) is 0. The third-order valence-corrected chi connectivity index (χ3v) is 7.68.